The molecule has 70 valence electrons. The van der Waals surface area contributed by atoms with Crippen LogP contribution in [0.4, 0.5) is 0 Å². The minimum atomic E-state index is -0.205. The van der Waals surface area contributed by atoms with E-state index in [0.29, 0.717) is 6.61 Å². The van der Waals surface area contributed by atoms with E-state index in [9.17, 15) is 4.79 Å². The van der Waals surface area contributed by atoms with E-state index in [1.165, 1.54) is 7.11 Å². The average Bonchev–Trinajstić information content (AvgIpc) is 2.17. The molecule has 1 N–H and O–H groups in total. The maximum Gasteiger partial charge on any atom is 0.311 e. The van der Waals surface area contributed by atoms with Gasteiger partial charge in [-0.1, -0.05) is 0 Å². The molecule has 0 spiro atoms. The van der Waals surface area contributed by atoms with Gasteiger partial charge in [-0.3, -0.25) is 4.79 Å². The highest BCUT2D eigenvalue weighted by molar-refractivity contribution is 5.72. The smallest absolute Gasteiger partial charge is 0.311 e. The second-order valence-electron chi connectivity index (χ2n) is 2.93. The van der Waals surface area contributed by atoms with Crippen molar-refractivity contribution in [2.45, 2.75) is 13.0 Å². The van der Waals surface area contributed by atoms with E-state index in [1.54, 1.807) is 0 Å². The number of esters is 1. The molecule has 1 aliphatic rings. The summed E-state index contributed by atoms with van der Waals surface area (Å²) in [5.74, 6) is -0.383. The van der Waals surface area contributed by atoms with Crippen LogP contribution in [0.25, 0.3) is 0 Å². The summed E-state index contributed by atoms with van der Waals surface area (Å²) in [6, 6.07) is 0. The highest BCUT2D eigenvalue weighted by Gasteiger charge is 2.26. The van der Waals surface area contributed by atoms with Crippen LogP contribution in [0.15, 0.2) is 0 Å². The van der Waals surface area contributed by atoms with Crippen LogP contribution in [-0.4, -0.2) is 38.9 Å². The summed E-state index contributed by atoms with van der Waals surface area (Å²) in [6.45, 7) is 4.09. The molecule has 1 aliphatic heterocycles. The quantitative estimate of drug-likeness (QED) is 0.587. The molecule has 1 saturated heterocycles. The number of hydrogen-bond donors (Lipinski definition) is 1. The first-order valence-electron chi connectivity index (χ1n) is 4.16. The van der Waals surface area contributed by atoms with E-state index >= 15 is 0 Å². The van der Waals surface area contributed by atoms with Crippen LogP contribution < -0.4 is 5.32 Å². The molecule has 0 aliphatic carbocycles. The fourth-order valence-electron chi connectivity index (χ4n) is 1.24. The van der Waals surface area contributed by atoms with E-state index < -0.39 is 0 Å². The van der Waals surface area contributed by atoms with Crippen LogP contribution in [0.3, 0.4) is 0 Å². The van der Waals surface area contributed by atoms with Crippen molar-refractivity contribution in [3.8, 4) is 0 Å². The second-order valence-corrected chi connectivity index (χ2v) is 2.93. The van der Waals surface area contributed by atoms with Crippen LogP contribution in [0.1, 0.15) is 6.92 Å². The molecule has 1 rings (SSSR count). The SMILES string of the molecule is COC(=O)C(C)C1CNCCO1. The Hall–Kier alpha value is -0.610. The lowest BCUT2D eigenvalue weighted by Crippen LogP contribution is -2.44. The molecule has 0 aromatic rings. The maximum absolute atomic E-state index is 11.1. The number of carbonyl (C=O) groups excluding carboxylic acids is 1. The van der Waals surface area contributed by atoms with Gasteiger partial charge in [0.1, 0.15) is 0 Å². The van der Waals surface area contributed by atoms with Crippen LogP contribution >= 0.6 is 0 Å². The van der Waals surface area contributed by atoms with Crippen LogP contribution in [0, 0.1) is 5.92 Å². The minimum Gasteiger partial charge on any atom is -0.469 e. The van der Waals surface area contributed by atoms with Gasteiger partial charge in [-0.15, -0.1) is 0 Å². The number of ether oxygens (including phenoxy) is 2. The van der Waals surface area contributed by atoms with Crippen molar-refractivity contribution < 1.29 is 14.3 Å². The van der Waals surface area contributed by atoms with Gasteiger partial charge in [0.25, 0.3) is 0 Å². The lowest BCUT2D eigenvalue weighted by molar-refractivity contribution is -0.151. The summed E-state index contributed by atoms with van der Waals surface area (Å²) in [5, 5.41) is 3.16. The number of hydrogen-bond acceptors (Lipinski definition) is 4. The third-order valence-corrected chi connectivity index (χ3v) is 2.09. The predicted molar refractivity (Wildman–Crippen MR) is 43.8 cm³/mol. The standard InChI is InChI=1S/C8H15NO3/c1-6(8(10)11-2)7-5-9-3-4-12-7/h6-7,9H,3-5H2,1-2H3. The number of nitrogens with one attached hydrogen (secondary N) is 1. The third kappa shape index (κ3) is 2.19. The van der Waals surface area contributed by atoms with Gasteiger partial charge in [-0.05, 0) is 6.92 Å². The van der Waals surface area contributed by atoms with E-state index in [2.05, 4.69) is 10.1 Å². The fraction of sp³-hybridized carbons (Fsp3) is 0.875. The summed E-state index contributed by atoms with van der Waals surface area (Å²) >= 11 is 0. The fourth-order valence-corrected chi connectivity index (χ4v) is 1.24. The normalized spacial score (nSPS) is 26.3. The van der Waals surface area contributed by atoms with Crippen molar-refractivity contribution in [2.75, 3.05) is 26.8 Å². The van der Waals surface area contributed by atoms with Crippen LogP contribution in [-0.2, 0) is 14.3 Å². The largest absolute Gasteiger partial charge is 0.469 e. The molecular weight excluding hydrogens is 158 g/mol. The summed E-state index contributed by atoms with van der Waals surface area (Å²) in [5.41, 5.74) is 0. The number of morpholine rings is 1. The van der Waals surface area contributed by atoms with Gasteiger partial charge in [0.2, 0.25) is 0 Å². The Bertz CT molecular complexity index is 154. The molecule has 4 nitrogen and oxygen atoms in total. The molecule has 0 radical (unpaired) electrons. The number of carbonyl (C=O) groups is 1. The van der Waals surface area contributed by atoms with Crippen LogP contribution in [0.2, 0.25) is 0 Å². The van der Waals surface area contributed by atoms with Crippen molar-refractivity contribution in [1.82, 2.24) is 5.32 Å². The Balaban J connectivity index is 2.39. The number of methoxy groups -OCH3 is 1. The number of rotatable bonds is 2. The van der Waals surface area contributed by atoms with Crippen molar-refractivity contribution in [3.63, 3.8) is 0 Å². The van der Waals surface area contributed by atoms with Gasteiger partial charge in [-0.25, -0.2) is 0 Å². The second kappa shape index (κ2) is 4.42. The van der Waals surface area contributed by atoms with Gasteiger partial charge < -0.3 is 14.8 Å². The Morgan fingerprint density at radius 3 is 3.00 bits per heavy atom. The summed E-state index contributed by atoms with van der Waals surface area (Å²) < 4.78 is 10.0. The lowest BCUT2D eigenvalue weighted by Gasteiger charge is -2.27. The monoisotopic (exact) mass is 173 g/mol. The molecule has 1 heterocycles. The molecule has 1 fully saturated rings. The molecule has 0 amide bonds. The summed E-state index contributed by atoms with van der Waals surface area (Å²) in [4.78, 5) is 11.1. The first-order valence-corrected chi connectivity index (χ1v) is 4.16. The average molecular weight is 173 g/mol. The Kier molecular flexibility index (Phi) is 3.49. The Labute approximate surface area is 72.2 Å². The van der Waals surface area contributed by atoms with Crippen LogP contribution in [0.5, 0.6) is 0 Å². The molecular formula is C8H15NO3. The van der Waals surface area contributed by atoms with Gasteiger partial charge in [0, 0.05) is 13.1 Å². The van der Waals surface area contributed by atoms with E-state index in [1.807, 2.05) is 6.92 Å². The molecule has 2 atom stereocenters. The summed E-state index contributed by atoms with van der Waals surface area (Å²) in [7, 11) is 1.40. The van der Waals surface area contributed by atoms with Gasteiger partial charge in [-0.2, -0.15) is 0 Å². The third-order valence-electron chi connectivity index (χ3n) is 2.09. The molecule has 2 unspecified atom stereocenters. The van der Waals surface area contributed by atoms with Gasteiger partial charge >= 0.3 is 5.97 Å². The van der Waals surface area contributed by atoms with Crippen molar-refractivity contribution >= 4 is 5.97 Å². The highest BCUT2D eigenvalue weighted by Crippen LogP contribution is 2.10. The van der Waals surface area contributed by atoms with E-state index in [4.69, 9.17) is 4.74 Å². The molecule has 12 heavy (non-hydrogen) atoms. The van der Waals surface area contributed by atoms with Gasteiger partial charge in [0.15, 0.2) is 0 Å². The zero-order chi connectivity index (χ0) is 8.97. The van der Waals surface area contributed by atoms with E-state index in [0.717, 1.165) is 13.1 Å². The highest BCUT2D eigenvalue weighted by atomic mass is 16.5. The topological polar surface area (TPSA) is 47.6 Å². The van der Waals surface area contributed by atoms with E-state index in [-0.39, 0.29) is 18.0 Å². The predicted octanol–water partition coefficient (Wildman–Crippen LogP) is -0.216. The first kappa shape index (κ1) is 9.48. The van der Waals surface area contributed by atoms with Crippen molar-refractivity contribution in [2.24, 2.45) is 5.92 Å². The van der Waals surface area contributed by atoms with Gasteiger partial charge in [0.05, 0.1) is 25.7 Å². The Morgan fingerprint density at radius 2 is 2.50 bits per heavy atom. The molecule has 0 aromatic carbocycles. The Morgan fingerprint density at radius 1 is 1.75 bits per heavy atom. The molecule has 0 bridgehead atoms. The lowest BCUT2D eigenvalue weighted by atomic mass is 10.0. The molecule has 0 saturated carbocycles. The summed E-state index contributed by atoms with van der Waals surface area (Å²) in [6.07, 6.45) is -0.0359. The van der Waals surface area contributed by atoms with Crippen molar-refractivity contribution in [3.05, 3.63) is 0 Å². The zero-order valence-electron chi connectivity index (χ0n) is 7.50. The van der Waals surface area contributed by atoms with Crippen molar-refractivity contribution in [1.29, 1.82) is 0 Å². The maximum atomic E-state index is 11.1. The minimum absolute atomic E-state index is 0.0359. The molecule has 0 aromatic heterocycles. The first-order chi connectivity index (χ1) is 5.75. The zero-order valence-corrected chi connectivity index (χ0v) is 7.50. The molecule has 4 heteroatoms.